The van der Waals surface area contributed by atoms with Crippen molar-refractivity contribution < 1.29 is 0 Å². The molecule has 0 heterocycles. The zero-order chi connectivity index (χ0) is 8.69. The molecule has 0 aliphatic carbocycles. The summed E-state index contributed by atoms with van der Waals surface area (Å²) in [6, 6.07) is 0. The average Bonchev–Trinajstić information content (AvgIpc) is 2.05. The Balaban J connectivity index is 4.60. The summed E-state index contributed by atoms with van der Waals surface area (Å²) in [4.78, 5) is 3.77. The van der Waals surface area contributed by atoms with E-state index in [9.17, 15) is 0 Å². The molecule has 0 aromatic heterocycles. The van der Waals surface area contributed by atoms with Crippen molar-refractivity contribution in [1.29, 1.82) is 0 Å². The Morgan fingerprint density at radius 1 is 1.45 bits per heavy atom. The summed E-state index contributed by atoms with van der Waals surface area (Å²) >= 11 is 0. The van der Waals surface area contributed by atoms with E-state index in [0.717, 1.165) is 17.9 Å². The van der Waals surface area contributed by atoms with Gasteiger partial charge in [-0.3, -0.25) is 4.99 Å². The molecule has 0 amide bonds. The Kier molecular flexibility index (Phi) is 4.82. The Labute approximate surface area is 68.0 Å². The smallest absolute Gasteiger partial charge is 0.0847 e. The van der Waals surface area contributed by atoms with Gasteiger partial charge in [-0.25, -0.2) is 0 Å². The molecular formula is C9H14N2. The molecular weight excluding hydrogens is 136 g/mol. The SMILES string of the molecule is C=C/C(N=C)=C(\C=C)NCC. The fourth-order valence-corrected chi connectivity index (χ4v) is 0.717. The minimum absolute atomic E-state index is 0.738. The number of aliphatic imine (C=N–C) groups is 1. The van der Waals surface area contributed by atoms with Gasteiger partial charge in [0.05, 0.1) is 11.4 Å². The van der Waals surface area contributed by atoms with E-state index in [4.69, 9.17) is 0 Å². The van der Waals surface area contributed by atoms with Gasteiger partial charge in [0.15, 0.2) is 0 Å². The molecule has 2 heteroatoms. The van der Waals surface area contributed by atoms with Crippen LogP contribution in [0.3, 0.4) is 0 Å². The molecule has 0 bridgehead atoms. The normalized spacial score (nSPS) is 11.4. The van der Waals surface area contributed by atoms with E-state index in [-0.39, 0.29) is 0 Å². The van der Waals surface area contributed by atoms with Crippen LogP contribution in [0.25, 0.3) is 0 Å². The number of nitrogens with one attached hydrogen (secondary N) is 1. The lowest BCUT2D eigenvalue weighted by atomic mass is 10.3. The van der Waals surface area contributed by atoms with E-state index in [1.165, 1.54) is 0 Å². The molecule has 0 spiro atoms. The second-order valence-corrected chi connectivity index (χ2v) is 1.90. The van der Waals surface area contributed by atoms with Gasteiger partial charge < -0.3 is 5.32 Å². The number of allylic oxidation sites excluding steroid dienone is 2. The topological polar surface area (TPSA) is 24.4 Å². The van der Waals surface area contributed by atoms with Crippen molar-refractivity contribution in [3.05, 3.63) is 36.7 Å². The van der Waals surface area contributed by atoms with Crippen molar-refractivity contribution in [2.45, 2.75) is 6.92 Å². The zero-order valence-electron chi connectivity index (χ0n) is 6.93. The van der Waals surface area contributed by atoms with E-state index >= 15 is 0 Å². The van der Waals surface area contributed by atoms with Crippen LogP contribution in [-0.2, 0) is 0 Å². The summed E-state index contributed by atoms with van der Waals surface area (Å²) in [6.45, 7) is 13.5. The summed E-state index contributed by atoms with van der Waals surface area (Å²) in [7, 11) is 0. The third kappa shape index (κ3) is 2.85. The molecule has 0 aromatic carbocycles. The molecule has 0 aromatic rings. The first kappa shape index (κ1) is 9.69. The van der Waals surface area contributed by atoms with Crippen LogP contribution < -0.4 is 5.32 Å². The Hall–Kier alpha value is -1.31. The van der Waals surface area contributed by atoms with E-state index in [0.29, 0.717) is 0 Å². The maximum absolute atomic E-state index is 3.77. The molecule has 0 aliphatic rings. The second-order valence-electron chi connectivity index (χ2n) is 1.90. The van der Waals surface area contributed by atoms with E-state index in [1.54, 1.807) is 12.2 Å². The molecule has 2 nitrogen and oxygen atoms in total. The predicted octanol–water partition coefficient (Wildman–Crippen LogP) is 1.88. The van der Waals surface area contributed by atoms with Gasteiger partial charge in [0.1, 0.15) is 0 Å². The number of hydrogen-bond donors (Lipinski definition) is 1. The molecule has 0 radical (unpaired) electrons. The van der Waals surface area contributed by atoms with Crippen molar-refractivity contribution in [2.75, 3.05) is 6.54 Å². The van der Waals surface area contributed by atoms with Gasteiger partial charge in [0.2, 0.25) is 0 Å². The predicted molar refractivity (Wildman–Crippen MR) is 50.6 cm³/mol. The summed E-state index contributed by atoms with van der Waals surface area (Å²) in [5.41, 5.74) is 1.61. The van der Waals surface area contributed by atoms with Crippen molar-refractivity contribution in [1.82, 2.24) is 5.32 Å². The molecule has 0 unspecified atom stereocenters. The highest BCUT2D eigenvalue weighted by Crippen LogP contribution is 2.03. The van der Waals surface area contributed by atoms with Crippen LogP contribution in [0, 0.1) is 0 Å². The van der Waals surface area contributed by atoms with Gasteiger partial charge in [-0.05, 0) is 25.8 Å². The molecule has 0 aliphatic heterocycles. The summed E-state index contributed by atoms with van der Waals surface area (Å²) < 4.78 is 0. The Morgan fingerprint density at radius 2 is 2.09 bits per heavy atom. The lowest BCUT2D eigenvalue weighted by molar-refractivity contribution is 0.868. The molecule has 0 rings (SSSR count). The van der Waals surface area contributed by atoms with Gasteiger partial charge >= 0.3 is 0 Å². The quantitative estimate of drug-likeness (QED) is 0.469. The molecule has 0 saturated carbocycles. The fourth-order valence-electron chi connectivity index (χ4n) is 0.717. The lowest BCUT2D eigenvalue weighted by Gasteiger charge is -2.04. The van der Waals surface area contributed by atoms with Crippen LogP contribution in [0.15, 0.2) is 41.7 Å². The highest BCUT2D eigenvalue weighted by atomic mass is 14.9. The Bertz CT molecular complexity index is 180. The first-order chi connectivity index (χ1) is 5.29. The van der Waals surface area contributed by atoms with Gasteiger partial charge in [-0.2, -0.15) is 0 Å². The third-order valence-corrected chi connectivity index (χ3v) is 1.21. The van der Waals surface area contributed by atoms with Gasteiger partial charge in [-0.1, -0.05) is 13.2 Å². The number of nitrogens with zero attached hydrogens (tertiary/aromatic N) is 1. The van der Waals surface area contributed by atoms with Crippen LogP contribution >= 0.6 is 0 Å². The van der Waals surface area contributed by atoms with E-state index in [1.807, 2.05) is 6.92 Å². The van der Waals surface area contributed by atoms with Crippen LogP contribution in [0.1, 0.15) is 6.92 Å². The van der Waals surface area contributed by atoms with E-state index < -0.39 is 0 Å². The van der Waals surface area contributed by atoms with Gasteiger partial charge in [0, 0.05) is 6.54 Å². The summed E-state index contributed by atoms with van der Waals surface area (Å²) in [6.07, 6.45) is 3.35. The minimum Gasteiger partial charge on any atom is -0.384 e. The standard InChI is InChI=1S/C9H14N2/c1-5-8(10-4)9(6-2)11-7-3/h5-6,11H,1-2,4,7H2,3H3/b9-8-. The first-order valence-corrected chi connectivity index (χ1v) is 3.49. The Morgan fingerprint density at radius 3 is 2.36 bits per heavy atom. The molecule has 0 atom stereocenters. The first-order valence-electron chi connectivity index (χ1n) is 3.49. The highest BCUT2D eigenvalue weighted by molar-refractivity contribution is 5.37. The lowest BCUT2D eigenvalue weighted by Crippen LogP contribution is -2.11. The summed E-state index contributed by atoms with van der Waals surface area (Å²) in [5, 5.41) is 3.09. The second kappa shape index (κ2) is 5.47. The average molecular weight is 150 g/mol. The maximum Gasteiger partial charge on any atom is 0.0847 e. The molecule has 1 N–H and O–H groups in total. The largest absolute Gasteiger partial charge is 0.384 e. The zero-order valence-corrected chi connectivity index (χ0v) is 6.93. The van der Waals surface area contributed by atoms with Crippen molar-refractivity contribution in [3.8, 4) is 0 Å². The van der Waals surface area contributed by atoms with Crippen LogP contribution in [-0.4, -0.2) is 13.3 Å². The van der Waals surface area contributed by atoms with Crippen LogP contribution in [0.5, 0.6) is 0 Å². The number of hydrogen-bond acceptors (Lipinski definition) is 2. The van der Waals surface area contributed by atoms with Gasteiger partial charge in [0.25, 0.3) is 0 Å². The molecule has 11 heavy (non-hydrogen) atoms. The number of likely N-dealkylation sites (N-methyl/N-ethyl adjacent to an activating group) is 1. The molecule has 60 valence electrons. The number of rotatable bonds is 5. The van der Waals surface area contributed by atoms with E-state index in [2.05, 4.69) is 30.2 Å². The van der Waals surface area contributed by atoms with Gasteiger partial charge in [-0.15, -0.1) is 0 Å². The van der Waals surface area contributed by atoms with Crippen molar-refractivity contribution in [2.24, 2.45) is 4.99 Å². The minimum atomic E-state index is 0.738. The molecule has 0 fully saturated rings. The molecule has 0 saturated heterocycles. The van der Waals surface area contributed by atoms with Crippen molar-refractivity contribution in [3.63, 3.8) is 0 Å². The van der Waals surface area contributed by atoms with Crippen molar-refractivity contribution >= 4 is 6.72 Å². The highest BCUT2D eigenvalue weighted by Gasteiger charge is 1.93. The third-order valence-electron chi connectivity index (χ3n) is 1.21. The summed E-state index contributed by atoms with van der Waals surface area (Å²) in [5.74, 6) is 0. The maximum atomic E-state index is 3.77. The monoisotopic (exact) mass is 150 g/mol. The fraction of sp³-hybridized carbons (Fsp3) is 0.222. The van der Waals surface area contributed by atoms with Crippen LogP contribution in [0.2, 0.25) is 0 Å². The van der Waals surface area contributed by atoms with Crippen LogP contribution in [0.4, 0.5) is 0 Å².